The fraction of sp³-hybridized carbons (Fsp3) is 0.286. The van der Waals surface area contributed by atoms with Gasteiger partial charge in [-0.1, -0.05) is 12.1 Å². The Morgan fingerprint density at radius 2 is 2.00 bits per heavy atom. The number of ether oxygens (including phenoxy) is 1. The molecule has 0 atom stereocenters. The van der Waals surface area contributed by atoms with Gasteiger partial charge in [0.15, 0.2) is 5.76 Å². The molecule has 5 nitrogen and oxygen atoms in total. The fourth-order valence-electron chi connectivity index (χ4n) is 2.94. The van der Waals surface area contributed by atoms with Crippen LogP contribution in [-0.2, 0) is 17.8 Å². The maximum atomic E-state index is 13.1. The van der Waals surface area contributed by atoms with Crippen LogP contribution in [0.1, 0.15) is 28.2 Å². The lowest BCUT2D eigenvalue weighted by Crippen LogP contribution is -2.32. The predicted octanol–water partition coefficient (Wildman–Crippen LogP) is 3.95. The highest BCUT2D eigenvalue weighted by atomic mass is 19.1. The number of hydrogen-bond donors (Lipinski definition) is 0. The summed E-state index contributed by atoms with van der Waals surface area (Å²) < 4.78 is 25.6. The minimum atomic E-state index is -0.250. The topological polar surface area (TPSA) is 47.6 Å². The molecule has 3 aromatic rings. The van der Waals surface area contributed by atoms with Gasteiger partial charge in [-0.2, -0.15) is 0 Å². The standard InChI is InChI=1S/C21H23FN2O3/c1-26-13-4-12-24(21(25)20-6-3-14-27-20)16-19-5-2-11-23(19)15-17-7-9-18(22)10-8-17/h2-3,5-11,14H,4,12-13,15-16H2,1H3. The molecular formula is C21H23FN2O3. The van der Waals surface area contributed by atoms with Crippen molar-refractivity contribution in [1.29, 1.82) is 0 Å². The molecule has 0 radical (unpaired) electrons. The minimum absolute atomic E-state index is 0.148. The van der Waals surface area contributed by atoms with Crippen molar-refractivity contribution in [1.82, 2.24) is 9.47 Å². The molecule has 2 heterocycles. The summed E-state index contributed by atoms with van der Waals surface area (Å²) in [5.74, 6) is -0.0745. The molecule has 0 aliphatic carbocycles. The first-order valence-electron chi connectivity index (χ1n) is 8.87. The minimum Gasteiger partial charge on any atom is -0.459 e. The summed E-state index contributed by atoms with van der Waals surface area (Å²) >= 11 is 0. The highest BCUT2D eigenvalue weighted by molar-refractivity contribution is 5.91. The van der Waals surface area contributed by atoms with E-state index < -0.39 is 0 Å². The first kappa shape index (κ1) is 18.9. The SMILES string of the molecule is COCCCN(Cc1cccn1Cc1ccc(F)cc1)C(=O)c1ccco1. The molecule has 1 aromatic carbocycles. The van der Waals surface area contributed by atoms with Gasteiger partial charge in [0.1, 0.15) is 5.82 Å². The molecule has 0 bridgehead atoms. The Labute approximate surface area is 158 Å². The van der Waals surface area contributed by atoms with Crippen molar-refractivity contribution >= 4 is 5.91 Å². The second-order valence-electron chi connectivity index (χ2n) is 6.30. The van der Waals surface area contributed by atoms with Crippen molar-refractivity contribution in [3.8, 4) is 0 Å². The van der Waals surface area contributed by atoms with Gasteiger partial charge in [-0.05, 0) is 48.4 Å². The van der Waals surface area contributed by atoms with Gasteiger partial charge in [0.25, 0.3) is 5.91 Å². The number of benzene rings is 1. The van der Waals surface area contributed by atoms with Crippen LogP contribution in [0.2, 0.25) is 0 Å². The van der Waals surface area contributed by atoms with Crippen LogP contribution >= 0.6 is 0 Å². The van der Waals surface area contributed by atoms with Crippen LogP contribution < -0.4 is 0 Å². The maximum absolute atomic E-state index is 13.1. The number of carbonyl (C=O) groups is 1. The van der Waals surface area contributed by atoms with E-state index in [1.165, 1.54) is 18.4 Å². The van der Waals surface area contributed by atoms with E-state index in [0.29, 0.717) is 32.0 Å². The molecule has 0 N–H and O–H groups in total. The monoisotopic (exact) mass is 370 g/mol. The van der Waals surface area contributed by atoms with Crippen LogP contribution in [0.25, 0.3) is 0 Å². The van der Waals surface area contributed by atoms with Crippen molar-refractivity contribution in [3.63, 3.8) is 0 Å². The maximum Gasteiger partial charge on any atom is 0.289 e. The number of amides is 1. The van der Waals surface area contributed by atoms with Crippen LogP contribution in [0.4, 0.5) is 4.39 Å². The van der Waals surface area contributed by atoms with Crippen LogP contribution in [0.3, 0.4) is 0 Å². The molecule has 0 aliphatic heterocycles. The molecule has 0 saturated heterocycles. The number of halogens is 1. The second kappa shape index (κ2) is 9.19. The lowest BCUT2D eigenvalue weighted by molar-refractivity contribution is 0.0688. The lowest BCUT2D eigenvalue weighted by atomic mass is 10.2. The Bertz CT molecular complexity index is 841. The lowest BCUT2D eigenvalue weighted by Gasteiger charge is -2.22. The summed E-state index contributed by atoms with van der Waals surface area (Å²) in [4.78, 5) is 14.5. The molecular weight excluding hydrogens is 347 g/mol. The first-order valence-corrected chi connectivity index (χ1v) is 8.87. The van der Waals surface area contributed by atoms with Crippen molar-refractivity contribution in [2.45, 2.75) is 19.5 Å². The summed E-state index contributed by atoms with van der Waals surface area (Å²) in [5.41, 5.74) is 1.99. The zero-order chi connectivity index (χ0) is 19.1. The normalized spacial score (nSPS) is 10.9. The zero-order valence-corrected chi connectivity index (χ0v) is 15.3. The molecule has 2 aromatic heterocycles. The molecule has 6 heteroatoms. The van der Waals surface area contributed by atoms with Crippen molar-refractivity contribution in [2.75, 3.05) is 20.3 Å². The highest BCUT2D eigenvalue weighted by Crippen LogP contribution is 2.14. The molecule has 0 fully saturated rings. The smallest absolute Gasteiger partial charge is 0.289 e. The Morgan fingerprint density at radius 3 is 2.70 bits per heavy atom. The number of rotatable bonds is 9. The summed E-state index contributed by atoms with van der Waals surface area (Å²) in [6.45, 7) is 2.22. The quantitative estimate of drug-likeness (QED) is 0.536. The Balaban J connectivity index is 1.74. The number of nitrogens with zero attached hydrogens (tertiary/aromatic N) is 2. The van der Waals surface area contributed by atoms with E-state index in [-0.39, 0.29) is 11.7 Å². The number of aromatic nitrogens is 1. The molecule has 0 saturated carbocycles. The number of carbonyl (C=O) groups excluding carboxylic acids is 1. The van der Waals surface area contributed by atoms with Crippen LogP contribution in [0.5, 0.6) is 0 Å². The van der Waals surface area contributed by atoms with Gasteiger partial charge in [0.2, 0.25) is 0 Å². The molecule has 27 heavy (non-hydrogen) atoms. The second-order valence-corrected chi connectivity index (χ2v) is 6.30. The van der Waals surface area contributed by atoms with Crippen LogP contribution in [-0.4, -0.2) is 35.6 Å². The number of furan rings is 1. The molecule has 0 spiro atoms. The van der Waals surface area contributed by atoms with Crippen molar-refractivity contribution in [3.05, 3.63) is 83.8 Å². The van der Waals surface area contributed by atoms with Gasteiger partial charge >= 0.3 is 0 Å². The van der Waals surface area contributed by atoms with E-state index in [1.54, 1.807) is 36.3 Å². The van der Waals surface area contributed by atoms with Gasteiger partial charge in [-0.3, -0.25) is 4.79 Å². The first-order chi connectivity index (χ1) is 13.2. The number of hydrogen-bond acceptors (Lipinski definition) is 3. The summed E-state index contributed by atoms with van der Waals surface area (Å²) in [5, 5.41) is 0. The Kier molecular flexibility index (Phi) is 6.44. The van der Waals surface area contributed by atoms with E-state index in [0.717, 1.165) is 17.7 Å². The fourth-order valence-corrected chi connectivity index (χ4v) is 2.94. The average Bonchev–Trinajstić information content (AvgIpc) is 3.35. The van der Waals surface area contributed by atoms with Gasteiger partial charge < -0.3 is 18.6 Å². The largest absolute Gasteiger partial charge is 0.459 e. The van der Waals surface area contributed by atoms with E-state index in [2.05, 4.69) is 4.57 Å². The Hall–Kier alpha value is -2.86. The zero-order valence-electron chi connectivity index (χ0n) is 15.3. The van der Waals surface area contributed by atoms with Crippen LogP contribution in [0, 0.1) is 5.82 Å². The predicted molar refractivity (Wildman–Crippen MR) is 99.9 cm³/mol. The van der Waals surface area contributed by atoms with Gasteiger partial charge in [0.05, 0.1) is 12.8 Å². The van der Waals surface area contributed by atoms with Crippen molar-refractivity contribution < 1.29 is 18.3 Å². The van der Waals surface area contributed by atoms with E-state index in [9.17, 15) is 9.18 Å². The highest BCUT2D eigenvalue weighted by Gasteiger charge is 2.19. The van der Waals surface area contributed by atoms with Gasteiger partial charge in [-0.25, -0.2) is 4.39 Å². The Morgan fingerprint density at radius 1 is 1.19 bits per heavy atom. The third kappa shape index (κ3) is 5.08. The average molecular weight is 370 g/mol. The third-order valence-electron chi connectivity index (χ3n) is 4.34. The molecule has 0 aliphatic rings. The van der Waals surface area contributed by atoms with E-state index >= 15 is 0 Å². The summed E-state index contributed by atoms with van der Waals surface area (Å²) in [6, 6.07) is 13.8. The van der Waals surface area contributed by atoms with Gasteiger partial charge in [-0.15, -0.1) is 0 Å². The molecule has 3 rings (SSSR count). The third-order valence-corrected chi connectivity index (χ3v) is 4.34. The molecule has 1 amide bonds. The molecule has 0 unspecified atom stereocenters. The number of methoxy groups -OCH3 is 1. The van der Waals surface area contributed by atoms with Gasteiger partial charge in [0, 0.05) is 38.7 Å². The van der Waals surface area contributed by atoms with E-state index in [1.807, 2.05) is 18.3 Å². The summed E-state index contributed by atoms with van der Waals surface area (Å²) in [7, 11) is 1.65. The molecule has 142 valence electrons. The van der Waals surface area contributed by atoms with Crippen molar-refractivity contribution in [2.24, 2.45) is 0 Å². The van der Waals surface area contributed by atoms with Crippen LogP contribution in [0.15, 0.2) is 65.4 Å². The summed E-state index contributed by atoms with van der Waals surface area (Å²) in [6.07, 6.45) is 4.20. The van der Waals surface area contributed by atoms with E-state index in [4.69, 9.17) is 9.15 Å².